The van der Waals surface area contributed by atoms with Gasteiger partial charge in [-0.05, 0) is 5.92 Å². The van der Waals surface area contributed by atoms with Gasteiger partial charge in [0.2, 0.25) is 0 Å². The average Bonchev–Trinajstić information content (AvgIpc) is 2.26. The van der Waals surface area contributed by atoms with Crippen LogP contribution < -0.4 is 5.32 Å². The third-order valence-electron chi connectivity index (χ3n) is 2.78. The van der Waals surface area contributed by atoms with Crippen LogP contribution in [0.25, 0.3) is 0 Å². The van der Waals surface area contributed by atoms with Gasteiger partial charge in [-0.25, -0.2) is 0 Å². The maximum absolute atomic E-state index is 9.82. The summed E-state index contributed by atoms with van der Waals surface area (Å²) in [5, 5.41) is 13.0. The number of aliphatic hydroxyl groups is 1. The van der Waals surface area contributed by atoms with Crippen molar-refractivity contribution >= 4 is 0 Å². The molecule has 0 rings (SSSR count). The van der Waals surface area contributed by atoms with Gasteiger partial charge in [-0.15, -0.1) is 0 Å². The Labute approximate surface area is 93.0 Å². The summed E-state index contributed by atoms with van der Waals surface area (Å²) in [5.41, 5.74) is 0. The molecular formula is C11H25NO3. The van der Waals surface area contributed by atoms with Gasteiger partial charge >= 0.3 is 0 Å². The molecule has 0 fully saturated rings. The number of hydrogen-bond donors (Lipinski definition) is 2. The number of rotatable bonds is 9. The monoisotopic (exact) mass is 219 g/mol. The molecule has 0 heterocycles. The van der Waals surface area contributed by atoms with Crippen molar-refractivity contribution < 1.29 is 14.6 Å². The van der Waals surface area contributed by atoms with Crippen molar-refractivity contribution in [1.82, 2.24) is 5.32 Å². The van der Waals surface area contributed by atoms with E-state index in [9.17, 15) is 5.11 Å². The van der Waals surface area contributed by atoms with E-state index < -0.39 is 0 Å². The summed E-state index contributed by atoms with van der Waals surface area (Å²) in [6.45, 7) is 5.40. The van der Waals surface area contributed by atoms with Gasteiger partial charge < -0.3 is 19.9 Å². The number of methoxy groups -OCH3 is 2. The zero-order valence-electron chi connectivity index (χ0n) is 10.3. The molecular weight excluding hydrogens is 194 g/mol. The maximum atomic E-state index is 9.82. The zero-order chi connectivity index (χ0) is 11.7. The van der Waals surface area contributed by atoms with Gasteiger partial charge in [0.1, 0.15) is 0 Å². The second-order valence-electron chi connectivity index (χ2n) is 3.70. The summed E-state index contributed by atoms with van der Waals surface area (Å²) >= 11 is 0. The van der Waals surface area contributed by atoms with Gasteiger partial charge in [0.15, 0.2) is 6.29 Å². The summed E-state index contributed by atoms with van der Waals surface area (Å²) in [6, 6.07) is 0. The maximum Gasteiger partial charge on any atom is 0.169 e. The van der Waals surface area contributed by atoms with Crippen molar-refractivity contribution in [2.45, 2.75) is 39.1 Å². The van der Waals surface area contributed by atoms with Gasteiger partial charge in [-0.1, -0.05) is 26.7 Å². The van der Waals surface area contributed by atoms with Gasteiger partial charge in [-0.2, -0.15) is 0 Å². The molecule has 0 aromatic carbocycles. The highest BCUT2D eigenvalue weighted by molar-refractivity contribution is 4.68. The predicted molar refractivity (Wildman–Crippen MR) is 60.8 cm³/mol. The van der Waals surface area contributed by atoms with E-state index in [1.165, 1.54) is 0 Å². The number of nitrogens with one attached hydrogen (secondary N) is 1. The molecule has 0 saturated carbocycles. The smallest absolute Gasteiger partial charge is 0.169 e. The van der Waals surface area contributed by atoms with E-state index in [1.807, 2.05) is 0 Å². The molecule has 2 N–H and O–H groups in total. The van der Waals surface area contributed by atoms with E-state index in [0.717, 1.165) is 12.8 Å². The highest BCUT2D eigenvalue weighted by atomic mass is 16.7. The van der Waals surface area contributed by atoms with Crippen molar-refractivity contribution in [3.05, 3.63) is 0 Å². The first kappa shape index (κ1) is 14.8. The molecule has 92 valence electrons. The van der Waals surface area contributed by atoms with Crippen LogP contribution in [0.5, 0.6) is 0 Å². The largest absolute Gasteiger partial charge is 0.392 e. The Morgan fingerprint density at radius 2 is 1.60 bits per heavy atom. The van der Waals surface area contributed by atoms with Crippen molar-refractivity contribution in [2.24, 2.45) is 5.92 Å². The molecule has 4 nitrogen and oxygen atoms in total. The quantitative estimate of drug-likeness (QED) is 0.568. The summed E-state index contributed by atoms with van der Waals surface area (Å²) in [6.07, 6.45) is 1.50. The normalized spacial score (nSPS) is 13.8. The minimum absolute atomic E-state index is 0.237. The lowest BCUT2D eigenvalue weighted by molar-refractivity contribution is -0.0997. The van der Waals surface area contributed by atoms with Crippen LogP contribution in [-0.2, 0) is 9.47 Å². The standard InChI is InChI=1S/C11H25NO3/c1-5-9(6-2)10(13)7-12-8-11(14-3)15-4/h9-13H,5-8H2,1-4H3. The van der Waals surface area contributed by atoms with Gasteiger partial charge in [-0.3, -0.25) is 0 Å². The van der Waals surface area contributed by atoms with Crippen LogP contribution in [0.4, 0.5) is 0 Å². The Kier molecular flexibility index (Phi) is 9.00. The lowest BCUT2D eigenvalue weighted by Gasteiger charge is -2.21. The summed E-state index contributed by atoms with van der Waals surface area (Å²) in [7, 11) is 3.21. The Morgan fingerprint density at radius 3 is 2.00 bits per heavy atom. The minimum atomic E-state index is -0.283. The second-order valence-corrected chi connectivity index (χ2v) is 3.70. The molecule has 4 heteroatoms. The van der Waals surface area contributed by atoms with Gasteiger partial charge in [0.05, 0.1) is 6.10 Å². The van der Waals surface area contributed by atoms with Crippen LogP contribution >= 0.6 is 0 Å². The first-order valence-corrected chi connectivity index (χ1v) is 5.63. The van der Waals surface area contributed by atoms with E-state index in [-0.39, 0.29) is 12.4 Å². The first-order chi connectivity index (χ1) is 7.19. The molecule has 0 saturated heterocycles. The number of hydrogen-bond acceptors (Lipinski definition) is 4. The zero-order valence-corrected chi connectivity index (χ0v) is 10.3. The predicted octanol–water partition coefficient (Wildman–Crippen LogP) is 0.992. The lowest BCUT2D eigenvalue weighted by Crippen LogP contribution is -2.37. The molecule has 0 bridgehead atoms. The third kappa shape index (κ3) is 6.10. The molecule has 0 aromatic rings. The molecule has 1 atom stereocenters. The van der Waals surface area contributed by atoms with Crippen molar-refractivity contribution in [1.29, 1.82) is 0 Å². The van der Waals surface area contributed by atoms with Crippen LogP contribution in [0, 0.1) is 5.92 Å². The molecule has 0 aromatic heterocycles. The fourth-order valence-electron chi connectivity index (χ4n) is 1.61. The highest BCUT2D eigenvalue weighted by Gasteiger charge is 2.15. The Bertz CT molecular complexity index is 136. The molecule has 0 aliphatic carbocycles. The van der Waals surface area contributed by atoms with Crippen molar-refractivity contribution in [2.75, 3.05) is 27.3 Å². The molecule has 0 aliphatic rings. The van der Waals surface area contributed by atoms with Crippen LogP contribution in [0.15, 0.2) is 0 Å². The summed E-state index contributed by atoms with van der Waals surface area (Å²) in [5.74, 6) is 0.376. The van der Waals surface area contributed by atoms with E-state index in [1.54, 1.807) is 14.2 Å². The first-order valence-electron chi connectivity index (χ1n) is 5.63. The van der Waals surface area contributed by atoms with E-state index in [0.29, 0.717) is 19.0 Å². The lowest BCUT2D eigenvalue weighted by atomic mass is 9.97. The minimum Gasteiger partial charge on any atom is -0.392 e. The Morgan fingerprint density at radius 1 is 1.07 bits per heavy atom. The molecule has 15 heavy (non-hydrogen) atoms. The van der Waals surface area contributed by atoms with Crippen LogP contribution in [0.2, 0.25) is 0 Å². The topological polar surface area (TPSA) is 50.7 Å². The number of aliphatic hydroxyl groups excluding tert-OH is 1. The fraction of sp³-hybridized carbons (Fsp3) is 1.00. The van der Waals surface area contributed by atoms with E-state index in [2.05, 4.69) is 19.2 Å². The van der Waals surface area contributed by atoms with E-state index in [4.69, 9.17) is 9.47 Å². The summed E-state index contributed by atoms with van der Waals surface area (Å²) in [4.78, 5) is 0. The highest BCUT2D eigenvalue weighted by Crippen LogP contribution is 2.12. The van der Waals surface area contributed by atoms with Crippen LogP contribution in [0.1, 0.15) is 26.7 Å². The number of ether oxygens (including phenoxy) is 2. The Hall–Kier alpha value is -0.160. The van der Waals surface area contributed by atoms with Crippen LogP contribution in [0.3, 0.4) is 0 Å². The Balaban J connectivity index is 3.65. The van der Waals surface area contributed by atoms with Gasteiger partial charge in [0, 0.05) is 27.3 Å². The second kappa shape index (κ2) is 9.09. The molecule has 0 radical (unpaired) electrons. The van der Waals surface area contributed by atoms with E-state index >= 15 is 0 Å². The molecule has 0 spiro atoms. The van der Waals surface area contributed by atoms with Crippen molar-refractivity contribution in [3.8, 4) is 0 Å². The fourth-order valence-corrected chi connectivity index (χ4v) is 1.61. The SMILES string of the molecule is CCC(CC)C(O)CNCC(OC)OC. The van der Waals surface area contributed by atoms with Crippen LogP contribution in [-0.4, -0.2) is 44.8 Å². The van der Waals surface area contributed by atoms with Crippen molar-refractivity contribution in [3.63, 3.8) is 0 Å². The molecule has 0 aliphatic heterocycles. The summed E-state index contributed by atoms with van der Waals surface area (Å²) < 4.78 is 10.1. The average molecular weight is 219 g/mol. The third-order valence-corrected chi connectivity index (χ3v) is 2.78. The molecule has 0 amide bonds. The van der Waals surface area contributed by atoms with Gasteiger partial charge in [0.25, 0.3) is 0 Å². The molecule has 1 unspecified atom stereocenters.